The van der Waals surface area contributed by atoms with Gasteiger partial charge in [-0.3, -0.25) is 4.79 Å². The van der Waals surface area contributed by atoms with Gasteiger partial charge in [-0.2, -0.15) is 0 Å². The largest absolute Gasteiger partial charge is 0.338 e. The summed E-state index contributed by atoms with van der Waals surface area (Å²) in [6.07, 6.45) is 4.28. The lowest BCUT2D eigenvalue weighted by Gasteiger charge is -2.33. The maximum Gasteiger partial charge on any atom is 0.238 e. The number of carbonyl (C=O) groups is 1. The van der Waals surface area contributed by atoms with E-state index in [1.807, 2.05) is 18.2 Å². The van der Waals surface area contributed by atoms with Gasteiger partial charge in [0.1, 0.15) is 17.3 Å². The molecule has 1 aliphatic carbocycles. The standard InChI is InChI=1S/C18H24N4O3S/c1-13(18-20-19-12-21(18)2)26(24,25)11-17(23)22(3)16-10-6-8-14-7-4-5-9-15(14)16/h4-5,7,9,12-13,16H,6,8,10-11H2,1-3H3. The van der Waals surface area contributed by atoms with Crippen molar-refractivity contribution in [1.82, 2.24) is 19.7 Å². The van der Waals surface area contributed by atoms with Crippen molar-refractivity contribution in [3.8, 4) is 0 Å². The average molecular weight is 376 g/mol. The van der Waals surface area contributed by atoms with Crippen molar-refractivity contribution in [1.29, 1.82) is 0 Å². The van der Waals surface area contributed by atoms with Crippen LogP contribution in [0.2, 0.25) is 0 Å². The van der Waals surface area contributed by atoms with Gasteiger partial charge in [0.2, 0.25) is 5.91 Å². The smallest absolute Gasteiger partial charge is 0.238 e. The summed E-state index contributed by atoms with van der Waals surface area (Å²) in [7, 11) is -0.300. The Morgan fingerprint density at radius 1 is 1.38 bits per heavy atom. The molecule has 3 rings (SSSR count). The molecule has 0 saturated carbocycles. The summed E-state index contributed by atoms with van der Waals surface area (Å²) >= 11 is 0. The molecule has 0 N–H and O–H groups in total. The van der Waals surface area contributed by atoms with Crippen LogP contribution in [0.3, 0.4) is 0 Å². The number of aromatic nitrogens is 3. The molecule has 2 aromatic rings. The normalized spacial score (nSPS) is 18.2. The van der Waals surface area contributed by atoms with Crippen molar-refractivity contribution < 1.29 is 13.2 Å². The Morgan fingerprint density at radius 2 is 2.12 bits per heavy atom. The van der Waals surface area contributed by atoms with Crippen LogP contribution >= 0.6 is 0 Å². The van der Waals surface area contributed by atoms with Crippen LogP contribution in [0.1, 0.15) is 48.0 Å². The highest BCUT2D eigenvalue weighted by Crippen LogP contribution is 2.33. The number of benzene rings is 1. The minimum atomic E-state index is -3.68. The number of hydrogen-bond donors (Lipinski definition) is 0. The first-order valence-corrected chi connectivity index (χ1v) is 10.4. The zero-order valence-corrected chi connectivity index (χ0v) is 16.1. The maximum atomic E-state index is 12.7. The third-order valence-corrected chi connectivity index (χ3v) is 7.11. The van der Waals surface area contributed by atoms with E-state index in [0.717, 1.165) is 24.8 Å². The highest BCUT2D eigenvalue weighted by molar-refractivity contribution is 7.92. The van der Waals surface area contributed by atoms with Gasteiger partial charge < -0.3 is 9.47 Å². The average Bonchev–Trinajstić information content (AvgIpc) is 3.05. The first-order chi connectivity index (χ1) is 12.3. The molecule has 0 aliphatic heterocycles. The molecule has 0 fully saturated rings. The van der Waals surface area contributed by atoms with Crippen molar-refractivity contribution in [3.05, 3.63) is 47.5 Å². The molecule has 0 saturated heterocycles. The second-order valence-corrected chi connectivity index (χ2v) is 9.18. The van der Waals surface area contributed by atoms with Gasteiger partial charge in [-0.05, 0) is 37.3 Å². The predicted octanol–water partition coefficient (Wildman–Crippen LogP) is 1.83. The zero-order chi connectivity index (χ0) is 18.9. The summed E-state index contributed by atoms with van der Waals surface area (Å²) in [6.45, 7) is 1.54. The summed E-state index contributed by atoms with van der Waals surface area (Å²) in [5, 5.41) is 6.70. The van der Waals surface area contributed by atoms with Crippen molar-refractivity contribution >= 4 is 15.7 Å². The van der Waals surface area contributed by atoms with E-state index in [1.165, 1.54) is 11.9 Å². The number of carbonyl (C=O) groups excluding carboxylic acids is 1. The van der Waals surface area contributed by atoms with Gasteiger partial charge in [0.15, 0.2) is 15.7 Å². The fraction of sp³-hybridized carbons (Fsp3) is 0.500. The van der Waals surface area contributed by atoms with E-state index in [1.54, 1.807) is 30.5 Å². The van der Waals surface area contributed by atoms with Crippen molar-refractivity contribution in [2.24, 2.45) is 7.05 Å². The van der Waals surface area contributed by atoms with Crippen molar-refractivity contribution in [3.63, 3.8) is 0 Å². The maximum absolute atomic E-state index is 12.7. The van der Waals surface area contributed by atoms with Crippen LogP contribution in [0.5, 0.6) is 0 Å². The highest BCUT2D eigenvalue weighted by atomic mass is 32.2. The molecule has 1 heterocycles. The Kier molecular flexibility index (Phi) is 5.13. The number of aryl methyl sites for hydroxylation is 2. The Hall–Kier alpha value is -2.22. The van der Waals surface area contributed by atoms with E-state index in [0.29, 0.717) is 5.82 Å². The topological polar surface area (TPSA) is 85.2 Å². The van der Waals surface area contributed by atoms with Gasteiger partial charge in [0.25, 0.3) is 0 Å². The summed E-state index contributed by atoms with van der Waals surface area (Å²) in [6, 6.07) is 7.98. The van der Waals surface area contributed by atoms with E-state index >= 15 is 0 Å². The van der Waals surface area contributed by atoms with E-state index in [9.17, 15) is 13.2 Å². The molecule has 1 aromatic carbocycles. The van der Waals surface area contributed by atoms with Gasteiger partial charge in [0, 0.05) is 14.1 Å². The fourth-order valence-corrected chi connectivity index (χ4v) is 4.86. The molecule has 2 unspecified atom stereocenters. The minimum absolute atomic E-state index is 0.0761. The third-order valence-electron chi connectivity index (χ3n) is 5.17. The number of nitrogens with zero attached hydrogens (tertiary/aromatic N) is 4. The molecular formula is C18H24N4O3S. The summed E-state index contributed by atoms with van der Waals surface area (Å²) in [4.78, 5) is 14.3. The minimum Gasteiger partial charge on any atom is -0.338 e. The number of sulfone groups is 1. The Labute approximate surface area is 154 Å². The number of hydrogen-bond acceptors (Lipinski definition) is 5. The van der Waals surface area contributed by atoms with Crippen LogP contribution in [0.4, 0.5) is 0 Å². The van der Waals surface area contributed by atoms with E-state index < -0.39 is 20.8 Å². The van der Waals surface area contributed by atoms with Gasteiger partial charge in [0.05, 0.1) is 6.04 Å². The van der Waals surface area contributed by atoms with E-state index in [2.05, 4.69) is 16.3 Å². The molecular weight excluding hydrogens is 352 g/mol. The zero-order valence-electron chi connectivity index (χ0n) is 15.3. The first-order valence-electron chi connectivity index (χ1n) is 8.70. The summed E-state index contributed by atoms with van der Waals surface area (Å²) < 4.78 is 27.0. The predicted molar refractivity (Wildman–Crippen MR) is 98.1 cm³/mol. The molecule has 2 atom stereocenters. The molecule has 1 aromatic heterocycles. The van der Waals surface area contributed by atoms with Crippen LogP contribution in [-0.4, -0.2) is 46.8 Å². The third kappa shape index (κ3) is 3.51. The van der Waals surface area contributed by atoms with E-state index in [-0.39, 0.29) is 11.9 Å². The van der Waals surface area contributed by atoms with Crippen LogP contribution in [0.15, 0.2) is 30.6 Å². The molecule has 7 nitrogen and oxygen atoms in total. The van der Waals surface area contributed by atoms with Crippen LogP contribution < -0.4 is 0 Å². The Morgan fingerprint density at radius 3 is 2.81 bits per heavy atom. The van der Waals surface area contributed by atoms with Crippen LogP contribution in [0.25, 0.3) is 0 Å². The summed E-state index contributed by atoms with van der Waals surface area (Å²) in [5.41, 5.74) is 2.35. The molecule has 1 aliphatic rings. The van der Waals surface area contributed by atoms with Crippen molar-refractivity contribution in [2.45, 2.75) is 37.5 Å². The number of rotatable bonds is 5. The quantitative estimate of drug-likeness (QED) is 0.795. The van der Waals surface area contributed by atoms with Crippen molar-refractivity contribution in [2.75, 3.05) is 12.8 Å². The summed E-state index contributed by atoms with van der Waals surface area (Å²) in [5.74, 6) is -0.583. The second kappa shape index (κ2) is 7.19. The van der Waals surface area contributed by atoms with Crippen LogP contribution in [0, 0.1) is 0 Å². The Balaban J connectivity index is 1.77. The van der Waals surface area contributed by atoms with Gasteiger partial charge in [-0.15, -0.1) is 10.2 Å². The first kappa shape index (κ1) is 18.6. The Bertz CT molecular complexity index is 907. The lowest BCUT2D eigenvalue weighted by Crippen LogP contribution is -2.38. The highest BCUT2D eigenvalue weighted by Gasteiger charge is 2.33. The number of amides is 1. The molecule has 0 spiro atoms. The molecule has 140 valence electrons. The monoisotopic (exact) mass is 376 g/mol. The lowest BCUT2D eigenvalue weighted by atomic mass is 9.87. The second-order valence-electron chi connectivity index (χ2n) is 6.86. The molecule has 0 bridgehead atoms. The van der Waals surface area contributed by atoms with E-state index in [4.69, 9.17) is 0 Å². The number of fused-ring (bicyclic) bond motifs is 1. The molecule has 0 radical (unpaired) electrons. The molecule has 26 heavy (non-hydrogen) atoms. The lowest BCUT2D eigenvalue weighted by molar-refractivity contribution is -0.129. The van der Waals surface area contributed by atoms with Crippen LogP contribution in [-0.2, 0) is 28.1 Å². The SMILES string of the molecule is CC(c1nncn1C)S(=O)(=O)CC(=O)N(C)C1CCCc2ccccc21. The fourth-order valence-electron chi connectivity index (χ4n) is 3.52. The van der Waals surface area contributed by atoms with Gasteiger partial charge in [-0.1, -0.05) is 24.3 Å². The van der Waals surface area contributed by atoms with Gasteiger partial charge in [-0.25, -0.2) is 8.42 Å². The molecule has 8 heteroatoms. The van der Waals surface area contributed by atoms with Gasteiger partial charge >= 0.3 is 0 Å². The molecule has 1 amide bonds.